The van der Waals surface area contributed by atoms with Crippen molar-refractivity contribution in [3.05, 3.63) is 64.7 Å². The first-order chi connectivity index (χ1) is 11.2. The first-order valence-corrected chi connectivity index (χ1v) is 8.03. The van der Waals surface area contributed by atoms with E-state index in [0.717, 1.165) is 29.1 Å². The molecule has 23 heavy (non-hydrogen) atoms. The van der Waals surface area contributed by atoms with Crippen molar-refractivity contribution in [3.63, 3.8) is 0 Å². The highest BCUT2D eigenvalue weighted by molar-refractivity contribution is 6.32. The molecule has 0 radical (unpaired) electrons. The van der Waals surface area contributed by atoms with Gasteiger partial charge in [-0.2, -0.15) is 0 Å². The molecular weight excluding hydrogens is 310 g/mol. The molecule has 1 atom stereocenters. The van der Waals surface area contributed by atoms with Crippen LogP contribution in [-0.2, 0) is 4.79 Å². The highest BCUT2D eigenvalue weighted by Crippen LogP contribution is 2.32. The van der Waals surface area contributed by atoms with E-state index in [2.05, 4.69) is 10.6 Å². The molecule has 5 heteroatoms. The average molecular weight is 326 g/mol. The van der Waals surface area contributed by atoms with Gasteiger partial charge in [0.05, 0.1) is 11.4 Å². The van der Waals surface area contributed by atoms with Crippen LogP contribution in [-0.4, -0.2) is 30.2 Å². The minimum atomic E-state index is -0.753. The molecule has 2 N–H and O–H groups in total. The second-order valence-corrected chi connectivity index (χ2v) is 6.37. The Labute approximate surface area is 139 Å². The lowest BCUT2D eigenvalue weighted by Gasteiger charge is -2.21. The highest BCUT2D eigenvalue weighted by atomic mass is 35.5. The molecule has 2 heterocycles. The summed E-state index contributed by atoms with van der Waals surface area (Å²) >= 11 is 6.19. The molecule has 1 amide bonds. The summed E-state index contributed by atoms with van der Waals surface area (Å²) in [6.07, 6.45) is 0.691. The fourth-order valence-electron chi connectivity index (χ4n) is 3.17. The van der Waals surface area contributed by atoms with Crippen molar-refractivity contribution in [1.29, 1.82) is 0 Å². The average Bonchev–Trinajstić information content (AvgIpc) is 3.01. The molecule has 2 aliphatic heterocycles. The number of aliphatic imine (C=N–C) groups is 1. The van der Waals surface area contributed by atoms with E-state index in [1.165, 1.54) is 0 Å². The van der Waals surface area contributed by atoms with Gasteiger partial charge in [-0.15, -0.1) is 0 Å². The van der Waals surface area contributed by atoms with Gasteiger partial charge in [-0.1, -0.05) is 41.9 Å². The lowest BCUT2D eigenvalue weighted by atomic mass is 9.97. The van der Waals surface area contributed by atoms with Crippen LogP contribution in [0.15, 0.2) is 53.5 Å². The predicted molar refractivity (Wildman–Crippen MR) is 92.4 cm³/mol. The predicted octanol–water partition coefficient (Wildman–Crippen LogP) is 2.86. The molecule has 1 fully saturated rings. The van der Waals surface area contributed by atoms with Crippen LogP contribution in [0.4, 0.5) is 5.69 Å². The van der Waals surface area contributed by atoms with Crippen LogP contribution < -0.4 is 10.6 Å². The minimum Gasteiger partial charge on any atom is -0.323 e. The van der Waals surface area contributed by atoms with Gasteiger partial charge in [0.25, 0.3) is 5.91 Å². The van der Waals surface area contributed by atoms with E-state index >= 15 is 0 Å². The van der Waals surface area contributed by atoms with Crippen molar-refractivity contribution in [1.82, 2.24) is 5.32 Å². The normalized spacial score (nSPS) is 23.2. The van der Waals surface area contributed by atoms with Crippen LogP contribution in [0.3, 0.4) is 0 Å². The Morgan fingerprint density at radius 2 is 1.96 bits per heavy atom. The van der Waals surface area contributed by atoms with E-state index in [4.69, 9.17) is 16.6 Å². The molecule has 2 aromatic carbocycles. The maximum Gasteiger partial charge on any atom is 0.253 e. The summed E-state index contributed by atoms with van der Waals surface area (Å²) < 4.78 is 0. The van der Waals surface area contributed by atoms with Gasteiger partial charge in [0.15, 0.2) is 5.54 Å². The lowest BCUT2D eigenvalue weighted by Crippen LogP contribution is -2.42. The monoisotopic (exact) mass is 325 g/mol. The number of halogens is 1. The van der Waals surface area contributed by atoms with E-state index in [1.807, 2.05) is 42.5 Å². The summed E-state index contributed by atoms with van der Waals surface area (Å²) in [6, 6.07) is 15.4. The third kappa shape index (κ3) is 2.44. The number of carbonyl (C=O) groups excluding carboxylic acids is 1. The number of hydrogen-bond donors (Lipinski definition) is 2. The van der Waals surface area contributed by atoms with Gasteiger partial charge in [0.1, 0.15) is 0 Å². The van der Waals surface area contributed by atoms with Gasteiger partial charge in [0.2, 0.25) is 0 Å². The largest absolute Gasteiger partial charge is 0.323 e. The van der Waals surface area contributed by atoms with Gasteiger partial charge in [0, 0.05) is 22.7 Å². The molecule has 2 aromatic rings. The summed E-state index contributed by atoms with van der Waals surface area (Å²) in [5, 5.41) is 6.91. The van der Waals surface area contributed by atoms with Crippen LogP contribution in [0.5, 0.6) is 0 Å². The maximum absolute atomic E-state index is 12.8. The van der Waals surface area contributed by atoms with Crippen molar-refractivity contribution < 1.29 is 4.79 Å². The lowest BCUT2D eigenvalue weighted by molar-refractivity contribution is -0.120. The Balaban J connectivity index is 1.97. The van der Waals surface area contributed by atoms with E-state index in [1.54, 1.807) is 6.07 Å². The number of nitrogens with one attached hydrogen (secondary N) is 2. The molecule has 1 unspecified atom stereocenters. The van der Waals surface area contributed by atoms with Crippen LogP contribution in [0.1, 0.15) is 17.5 Å². The number of anilines is 1. The van der Waals surface area contributed by atoms with Crippen LogP contribution >= 0.6 is 11.6 Å². The maximum atomic E-state index is 12.8. The SMILES string of the molecule is O=C1Nc2ccc(Cl)cc2C(c2ccccc2)=NC12CCNC2. The number of hydrogen-bond acceptors (Lipinski definition) is 3. The molecule has 0 saturated carbocycles. The van der Waals surface area contributed by atoms with Gasteiger partial charge >= 0.3 is 0 Å². The number of rotatable bonds is 1. The van der Waals surface area contributed by atoms with E-state index < -0.39 is 5.54 Å². The van der Waals surface area contributed by atoms with E-state index in [-0.39, 0.29) is 5.91 Å². The Kier molecular flexibility index (Phi) is 3.43. The standard InChI is InChI=1S/C18H16ClN3O/c19-13-6-7-15-14(10-13)16(12-4-2-1-3-5-12)22-18(17(23)21-15)8-9-20-11-18/h1-7,10,20H,8-9,11H2,(H,21,23). The first kappa shape index (κ1) is 14.4. The summed E-state index contributed by atoms with van der Waals surface area (Å²) in [5.74, 6) is -0.0583. The Hall–Kier alpha value is -2.17. The minimum absolute atomic E-state index is 0.0583. The van der Waals surface area contributed by atoms with Crippen molar-refractivity contribution in [3.8, 4) is 0 Å². The third-order valence-electron chi connectivity index (χ3n) is 4.41. The van der Waals surface area contributed by atoms with Gasteiger partial charge < -0.3 is 10.6 Å². The summed E-state index contributed by atoms with van der Waals surface area (Å²) in [4.78, 5) is 17.7. The van der Waals surface area contributed by atoms with Crippen molar-refractivity contribution in [2.45, 2.75) is 12.0 Å². The van der Waals surface area contributed by atoms with Crippen molar-refractivity contribution >= 4 is 28.9 Å². The molecule has 1 saturated heterocycles. The van der Waals surface area contributed by atoms with E-state index in [0.29, 0.717) is 18.0 Å². The van der Waals surface area contributed by atoms with Crippen LogP contribution in [0.25, 0.3) is 0 Å². The number of amides is 1. The number of nitrogens with zero attached hydrogens (tertiary/aromatic N) is 1. The molecule has 1 spiro atoms. The van der Waals surface area contributed by atoms with Crippen LogP contribution in [0, 0.1) is 0 Å². The summed E-state index contributed by atoms with van der Waals surface area (Å²) in [5.41, 5.74) is 2.66. The van der Waals surface area contributed by atoms with Gasteiger partial charge in [-0.3, -0.25) is 9.79 Å². The number of benzene rings is 2. The Bertz CT molecular complexity index is 795. The molecule has 0 aliphatic carbocycles. The molecule has 116 valence electrons. The molecule has 0 aromatic heterocycles. The smallest absolute Gasteiger partial charge is 0.253 e. The Morgan fingerprint density at radius 1 is 1.13 bits per heavy atom. The second-order valence-electron chi connectivity index (χ2n) is 5.93. The third-order valence-corrected chi connectivity index (χ3v) is 4.65. The Morgan fingerprint density at radius 3 is 2.70 bits per heavy atom. The quantitative estimate of drug-likeness (QED) is 0.847. The zero-order valence-corrected chi connectivity index (χ0v) is 13.2. The topological polar surface area (TPSA) is 53.5 Å². The molecule has 4 rings (SSSR count). The number of carbonyl (C=O) groups is 1. The fraction of sp³-hybridized carbons (Fsp3) is 0.222. The zero-order valence-electron chi connectivity index (χ0n) is 12.5. The fourth-order valence-corrected chi connectivity index (χ4v) is 3.34. The summed E-state index contributed by atoms with van der Waals surface area (Å²) in [7, 11) is 0. The molecular formula is C18H16ClN3O. The molecule has 0 bridgehead atoms. The zero-order chi connectivity index (χ0) is 15.9. The van der Waals surface area contributed by atoms with Crippen molar-refractivity contribution in [2.75, 3.05) is 18.4 Å². The number of fused-ring (bicyclic) bond motifs is 1. The first-order valence-electron chi connectivity index (χ1n) is 7.65. The highest BCUT2D eigenvalue weighted by Gasteiger charge is 2.43. The molecule has 2 aliphatic rings. The van der Waals surface area contributed by atoms with Gasteiger partial charge in [-0.25, -0.2) is 0 Å². The van der Waals surface area contributed by atoms with Crippen molar-refractivity contribution in [2.24, 2.45) is 4.99 Å². The van der Waals surface area contributed by atoms with Gasteiger partial charge in [-0.05, 0) is 31.2 Å². The second kappa shape index (κ2) is 5.48. The van der Waals surface area contributed by atoms with E-state index in [9.17, 15) is 4.79 Å². The summed E-state index contributed by atoms with van der Waals surface area (Å²) in [6.45, 7) is 1.34. The van der Waals surface area contributed by atoms with Crippen LogP contribution in [0.2, 0.25) is 5.02 Å². The molecule has 4 nitrogen and oxygen atoms in total.